The topological polar surface area (TPSA) is 104 Å². The lowest BCUT2D eigenvalue weighted by Gasteiger charge is -2.07. The first kappa shape index (κ1) is 12.2. The van der Waals surface area contributed by atoms with Gasteiger partial charge in [-0.1, -0.05) is 0 Å². The van der Waals surface area contributed by atoms with Crippen LogP contribution in [-0.4, -0.2) is 28.2 Å². The van der Waals surface area contributed by atoms with E-state index in [0.717, 1.165) is 19.0 Å². The fourth-order valence-corrected chi connectivity index (χ4v) is 2.53. The molecule has 0 aliphatic heterocycles. The smallest absolute Gasteiger partial charge is 0.273 e. The molecule has 0 radical (unpaired) electrons. The molecule has 19 heavy (non-hydrogen) atoms. The standard InChI is InChI=1S/C10H10FN5O2S/c11-7-3-6(4-13-5-7)9-14-15-10(19(12,17)18)16(9)8-1-2-8/h3-5,8H,1-2H2,(H2,12,17,18). The second-order valence-corrected chi connectivity index (χ2v) is 5.80. The minimum atomic E-state index is -3.96. The van der Waals surface area contributed by atoms with Crippen LogP contribution in [0, 0.1) is 5.82 Å². The predicted octanol–water partition coefficient (Wildman–Crippen LogP) is 0.462. The molecular formula is C10H10FN5O2S. The maximum absolute atomic E-state index is 13.2. The molecule has 0 bridgehead atoms. The number of aromatic nitrogens is 4. The summed E-state index contributed by atoms with van der Waals surface area (Å²) < 4.78 is 37.5. The second-order valence-electron chi connectivity index (χ2n) is 4.34. The summed E-state index contributed by atoms with van der Waals surface area (Å²) in [7, 11) is -3.96. The SMILES string of the molecule is NS(=O)(=O)c1nnc(-c2cncc(F)c2)n1C1CC1. The van der Waals surface area contributed by atoms with Crippen molar-refractivity contribution in [2.45, 2.75) is 24.0 Å². The lowest BCUT2D eigenvalue weighted by atomic mass is 10.2. The van der Waals surface area contributed by atoms with Crippen molar-refractivity contribution >= 4 is 10.0 Å². The van der Waals surface area contributed by atoms with Gasteiger partial charge in [0.05, 0.1) is 6.20 Å². The van der Waals surface area contributed by atoms with Crippen LogP contribution in [0.5, 0.6) is 0 Å². The minimum Gasteiger partial charge on any atom is -0.294 e. The van der Waals surface area contributed by atoms with Crippen LogP contribution < -0.4 is 5.14 Å². The largest absolute Gasteiger partial charge is 0.294 e. The molecule has 0 aromatic carbocycles. The highest BCUT2D eigenvalue weighted by Crippen LogP contribution is 2.39. The third-order valence-corrected chi connectivity index (χ3v) is 3.58. The van der Waals surface area contributed by atoms with E-state index in [-0.39, 0.29) is 17.0 Å². The zero-order chi connectivity index (χ0) is 13.6. The Kier molecular flexibility index (Phi) is 2.61. The van der Waals surface area contributed by atoms with Gasteiger partial charge in [0.2, 0.25) is 0 Å². The third kappa shape index (κ3) is 2.22. The molecule has 2 N–H and O–H groups in total. The van der Waals surface area contributed by atoms with Gasteiger partial charge in [-0.25, -0.2) is 17.9 Å². The Hall–Kier alpha value is -1.87. The molecule has 0 amide bonds. The average Bonchev–Trinajstić information content (AvgIpc) is 3.06. The van der Waals surface area contributed by atoms with Gasteiger partial charge in [0, 0.05) is 17.8 Å². The van der Waals surface area contributed by atoms with Gasteiger partial charge in [-0.15, -0.1) is 10.2 Å². The van der Waals surface area contributed by atoms with Crippen LogP contribution in [0.2, 0.25) is 0 Å². The lowest BCUT2D eigenvalue weighted by molar-refractivity contribution is 0.567. The maximum Gasteiger partial charge on any atom is 0.273 e. The van der Waals surface area contributed by atoms with Gasteiger partial charge in [0.25, 0.3) is 15.2 Å². The number of pyridine rings is 1. The van der Waals surface area contributed by atoms with Gasteiger partial charge in [0.1, 0.15) is 5.82 Å². The molecule has 0 spiro atoms. The Bertz CT molecular complexity index is 738. The molecule has 2 aromatic rings. The Morgan fingerprint density at radius 3 is 2.63 bits per heavy atom. The van der Waals surface area contributed by atoms with E-state index in [4.69, 9.17) is 5.14 Å². The molecule has 0 unspecified atom stereocenters. The Morgan fingerprint density at radius 1 is 1.32 bits per heavy atom. The highest BCUT2D eigenvalue weighted by atomic mass is 32.2. The first-order valence-electron chi connectivity index (χ1n) is 5.55. The summed E-state index contributed by atoms with van der Waals surface area (Å²) in [6.07, 6.45) is 4.09. The summed E-state index contributed by atoms with van der Waals surface area (Å²) in [5.41, 5.74) is 0.370. The minimum absolute atomic E-state index is 0.0124. The number of hydrogen-bond acceptors (Lipinski definition) is 5. The van der Waals surface area contributed by atoms with E-state index in [9.17, 15) is 12.8 Å². The number of sulfonamides is 1. The van der Waals surface area contributed by atoms with E-state index in [1.165, 1.54) is 16.8 Å². The van der Waals surface area contributed by atoms with E-state index in [2.05, 4.69) is 15.2 Å². The number of primary sulfonamides is 1. The molecule has 1 aliphatic carbocycles. The van der Waals surface area contributed by atoms with Crippen LogP contribution in [0.15, 0.2) is 23.6 Å². The van der Waals surface area contributed by atoms with Crippen molar-refractivity contribution in [3.63, 3.8) is 0 Å². The highest BCUT2D eigenvalue weighted by Gasteiger charge is 2.33. The van der Waals surface area contributed by atoms with E-state index < -0.39 is 15.8 Å². The second kappa shape index (κ2) is 4.07. The van der Waals surface area contributed by atoms with Gasteiger partial charge < -0.3 is 0 Å². The predicted molar refractivity (Wildman–Crippen MR) is 62.9 cm³/mol. The van der Waals surface area contributed by atoms with Gasteiger partial charge in [-0.2, -0.15) is 0 Å². The Morgan fingerprint density at radius 2 is 2.05 bits per heavy atom. The molecule has 9 heteroatoms. The van der Waals surface area contributed by atoms with Crippen molar-refractivity contribution in [2.24, 2.45) is 5.14 Å². The van der Waals surface area contributed by atoms with Crippen molar-refractivity contribution < 1.29 is 12.8 Å². The maximum atomic E-state index is 13.2. The van der Waals surface area contributed by atoms with Crippen LogP contribution in [0.1, 0.15) is 18.9 Å². The van der Waals surface area contributed by atoms with Crippen LogP contribution in [0.4, 0.5) is 4.39 Å². The van der Waals surface area contributed by atoms with Gasteiger partial charge in [-0.3, -0.25) is 9.55 Å². The summed E-state index contributed by atoms with van der Waals surface area (Å²) in [5.74, 6) is -0.265. The summed E-state index contributed by atoms with van der Waals surface area (Å²) in [5, 5.41) is 12.2. The quantitative estimate of drug-likeness (QED) is 0.881. The van der Waals surface area contributed by atoms with Crippen LogP contribution in [-0.2, 0) is 10.0 Å². The van der Waals surface area contributed by atoms with Crippen molar-refractivity contribution in [1.82, 2.24) is 19.7 Å². The average molecular weight is 283 g/mol. The summed E-state index contributed by atoms with van der Waals surface area (Å²) in [4.78, 5) is 3.72. The fraction of sp³-hybridized carbons (Fsp3) is 0.300. The molecular weight excluding hydrogens is 273 g/mol. The molecule has 3 rings (SSSR count). The van der Waals surface area contributed by atoms with E-state index >= 15 is 0 Å². The zero-order valence-corrected chi connectivity index (χ0v) is 10.5. The monoisotopic (exact) mass is 283 g/mol. The van der Waals surface area contributed by atoms with Crippen molar-refractivity contribution in [3.05, 3.63) is 24.3 Å². The number of nitrogens with zero attached hydrogens (tertiary/aromatic N) is 4. The van der Waals surface area contributed by atoms with E-state index in [0.29, 0.717) is 5.56 Å². The van der Waals surface area contributed by atoms with Crippen LogP contribution in [0.25, 0.3) is 11.4 Å². The first-order chi connectivity index (χ1) is 8.97. The third-order valence-electron chi connectivity index (χ3n) is 2.79. The van der Waals surface area contributed by atoms with Crippen LogP contribution in [0.3, 0.4) is 0 Å². The molecule has 1 fully saturated rings. The van der Waals surface area contributed by atoms with Gasteiger partial charge in [-0.05, 0) is 18.9 Å². The molecule has 0 atom stereocenters. The summed E-state index contributed by atoms with van der Waals surface area (Å²) >= 11 is 0. The molecule has 2 aromatic heterocycles. The number of nitrogens with two attached hydrogens (primary N) is 1. The van der Waals surface area contributed by atoms with Crippen molar-refractivity contribution in [2.75, 3.05) is 0 Å². The molecule has 0 saturated heterocycles. The van der Waals surface area contributed by atoms with Crippen LogP contribution >= 0.6 is 0 Å². The molecule has 100 valence electrons. The number of halogens is 1. The fourth-order valence-electron chi connectivity index (χ4n) is 1.86. The molecule has 1 saturated carbocycles. The zero-order valence-electron chi connectivity index (χ0n) is 9.69. The molecule has 2 heterocycles. The van der Waals surface area contributed by atoms with Gasteiger partial charge in [0.15, 0.2) is 5.82 Å². The lowest BCUT2D eigenvalue weighted by Crippen LogP contribution is -2.18. The number of hydrogen-bond donors (Lipinski definition) is 1. The Balaban J connectivity index is 2.20. The first-order valence-corrected chi connectivity index (χ1v) is 7.10. The summed E-state index contributed by atoms with van der Waals surface area (Å²) in [6, 6.07) is 1.21. The van der Waals surface area contributed by atoms with Gasteiger partial charge >= 0.3 is 0 Å². The van der Waals surface area contributed by atoms with Crippen molar-refractivity contribution in [3.8, 4) is 11.4 Å². The molecule has 7 nitrogen and oxygen atoms in total. The highest BCUT2D eigenvalue weighted by molar-refractivity contribution is 7.89. The van der Waals surface area contributed by atoms with Crippen molar-refractivity contribution in [1.29, 1.82) is 0 Å². The van der Waals surface area contributed by atoms with E-state index in [1.807, 2.05) is 0 Å². The summed E-state index contributed by atoms with van der Waals surface area (Å²) in [6.45, 7) is 0. The normalized spacial score (nSPS) is 15.7. The Labute approximate surface area is 108 Å². The number of rotatable bonds is 3. The molecule has 1 aliphatic rings. The van der Waals surface area contributed by atoms with E-state index in [1.54, 1.807) is 0 Å².